The molecule has 14 heavy (non-hydrogen) atoms. The lowest BCUT2D eigenvalue weighted by molar-refractivity contribution is 0.389. The lowest BCUT2D eigenvalue weighted by Gasteiger charge is -2.11. The molecule has 1 aromatic rings. The van der Waals surface area contributed by atoms with Gasteiger partial charge in [0.25, 0.3) is 0 Å². The van der Waals surface area contributed by atoms with Crippen molar-refractivity contribution < 1.29 is 10.0 Å². The van der Waals surface area contributed by atoms with Gasteiger partial charge in [0.1, 0.15) is 0 Å². The van der Waals surface area contributed by atoms with E-state index in [2.05, 4.69) is 6.58 Å². The SMILES string of the molecule is C=C(CC(C)B(O)O)c1ccccc1. The van der Waals surface area contributed by atoms with Crippen LogP contribution in [0.2, 0.25) is 5.82 Å². The van der Waals surface area contributed by atoms with Gasteiger partial charge in [-0.1, -0.05) is 43.8 Å². The third-order valence-corrected chi connectivity index (χ3v) is 2.26. The van der Waals surface area contributed by atoms with Gasteiger partial charge in [0, 0.05) is 0 Å². The first kappa shape index (κ1) is 11.0. The van der Waals surface area contributed by atoms with Crippen LogP contribution in [0.3, 0.4) is 0 Å². The quantitative estimate of drug-likeness (QED) is 0.712. The van der Waals surface area contributed by atoms with Crippen LogP contribution >= 0.6 is 0 Å². The molecule has 0 saturated heterocycles. The minimum absolute atomic E-state index is 0.178. The van der Waals surface area contributed by atoms with Gasteiger partial charge in [0.05, 0.1) is 0 Å². The molecule has 0 amide bonds. The second kappa shape index (κ2) is 4.98. The molecule has 0 aliphatic heterocycles. The number of benzene rings is 1. The fraction of sp³-hybridized carbons (Fsp3) is 0.273. The molecule has 0 aliphatic carbocycles. The zero-order chi connectivity index (χ0) is 10.6. The molecule has 3 heteroatoms. The molecule has 1 aromatic carbocycles. The third-order valence-electron chi connectivity index (χ3n) is 2.26. The van der Waals surface area contributed by atoms with Gasteiger partial charge < -0.3 is 10.0 Å². The molecule has 2 N–H and O–H groups in total. The number of allylic oxidation sites excluding steroid dienone is 1. The Labute approximate surface area is 85.0 Å². The molecule has 0 saturated carbocycles. The summed E-state index contributed by atoms with van der Waals surface area (Å²) in [6, 6.07) is 9.78. The van der Waals surface area contributed by atoms with Gasteiger partial charge in [0.15, 0.2) is 0 Å². The summed E-state index contributed by atoms with van der Waals surface area (Å²) in [7, 11) is -1.27. The first-order valence-electron chi connectivity index (χ1n) is 4.70. The molecule has 0 radical (unpaired) electrons. The van der Waals surface area contributed by atoms with Crippen molar-refractivity contribution in [3.63, 3.8) is 0 Å². The predicted molar refractivity (Wildman–Crippen MR) is 59.7 cm³/mol. The Bertz CT molecular complexity index is 295. The highest BCUT2D eigenvalue weighted by Crippen LogP contribution is 2.24. The average Bonchev–Trinajstić information content (AvgIpc) is 2.19. The normalized spacial score (nSPS) is 12.2. The molecule has 0 fully saturated rings. The zero-order valence-corrected chi connectivity index (χ0v) is 8.35. The molecule has 0 spiro atoms. The Morgan fingerprint density at radius 3 is 2.43 bits per heavy atom. The highest BCUT2D eigenvalue weighted by molar-refractivity contribution is 6.43. The second-order valence-electron chi connectivity index (χ2n) is 3.56. The molecule has 2 nitrogen and oxygen atoms in total. The Morgan fingerprint density at radius 1 is 1.36 bits per heavy atom. The molecule has 1 atom stereocenters. The maximum absolute atomic E-state index is 8.93. The van der Waals surface area contributed by atoms with Gasteiger partial charge in [-0.2, -0.15) is 0 Å². The fourth-order valence-electron chi connectivity index (χ4n) is 1.29. The van der Waals surface area contributed by atoms with E-state index in [1.54, 1.807) is 6.92 Å². The Hall–Kier alpha value is -1.06. The third kappa shape index (κ3) is 3.02. The van der Waals surface area contributed by atoms with Crippen LogP contribution in [0, 0.1) is 0 Å². The van der Waals surface area contributed by atoms with Gasteiger partial charge in [-0.25, -0.2) is 0 Å². The molecule has 0 aliphatic rings. The predicted octanol–water partition coefficient (Wildman–Crippen LogP) is 1.95. The van der Waals surface area contributed by atoms with E-state index in [9.17, 15) is 0 Å². The number of hydrogen-bond acceptors (Lipinski definition) is 2. The van der Waals surface area contributed by atoms with Crippen LogP contribution in [-0.4, -0.2) is 17.2 Å². The second-order valence-corrected chi connectivity index (χ2v) is 3.56. The molecular formula is C11H15BO2. The molecular weight excluding hydrogens is 175 g/mol. The van der Waals surface area contributed by atoms with Crippen LogP contribution in [0.25, 0.3) is 5.57 Å². The summed E-state index contributed by atoms with van der Waals surface area (Å²) in [5, 5.41) is 17.9. The molecule has 1 unspecified atom stereocenters. The minimum Gasteiger partial charge on any atom is -0.427 e. The minimum atomic E-state index is -1.27. The lowest BCUT2D eigenvalue weighted by Crippen LogP contribution is -2.17. The van der Waals surface area contributed by atoms with Crippen LogP contribution in [0.1, 0.15) is 18.9 Å². The molecule has 74 valence electrons. The lowest BCUT2D eigenvalue weighted by atomic mass is 9.70. The van der Waals surface area contributed by atoms with E-state index in [4.69, 9.17) is 10.0 Å². The van der Waals surface area contributed by atoms with E-state index in [0.29, 0.717) is 6.42 Å². The van der Waals surface area contributed by atoms with Crippen LogP contribution in [0.4, 0.5) is 0 Å². The van der Waals surface area contributed by atoms with Crippen molar-refractivity contribution in [1.82, 2.24) is 0 Å². The summed E-state index contributed by atoms with van der Waals surface area (Å²) >= 11 is 0. The fourth-order valence-corrected chi connectivity index (χ4v) is 1.29. The van der Waals surface area contributed by atoms with E-state index in [0.717, 1.165) is 11.1 Å². The summed E-state index contributed by atoms with van der Waals surface area (Å²) in [4.78, 5) is 0. The average molecular weight is 190 g/mol. The van der Waals surface area contributed by atoms with Gasteiger partial charge in [-0.05, 0) is 23.4 Å². The first-order chi connectivity index (χ1) is 6.61. The molecule has 0 heterocycles. The van der Waals surface area contributed by atoms with Crippen molar-refractivity contribution in [2.24, 2.45) is 0 Å². The molecule has 1 rings (SSSR count). The largest absolute Gasteiger partial charge is 0.454 e. The van der Waals surface area contributed by atoms with Gasteiger partial charge in [-0.15, -0.1) is 0 Å². The van der Waals surface area contributed by atoms with E-state index in [1.807, 2.05) is 30.3 Å². The summed E-state index contributed by atoms with van der Waals surface area (Å²) in [6.07, 6.45) is 0.599. The van der Waals surface area contributed by atoms with Crippen molar-refractivity contribution in [2.75, 3.05) is 0 Å². The van der Waals surface area contributed by atoms with Gasteiger partial charge in [-0.3, -0.25) is 0 Å². The summed E-state index contributed by atoms with van der Waals surface area (Å²) in [6.45, 7) is 5.72. The highest BCUT2D eigenvalue weighted by Gasteiger charge is 2.18. The van der Waals surface area contributed by atoms with Crippen LogP contribution in [-0.2, 0) is 0 Å². The van der Waals surface area contributed by atoms with Gasteiger partial charge >= 0.3 is 7.12 Å². The van der Waals surface area contributed by atoms with Crippen molar-refractivity contribution in [3.8, 4) is 0 Å². The number of rotatable bonds is 4. The van der Waals surface area contributed by atoms with Crippen molar-refractivity contribution in [3.05, 3.63) is 42.5 Å². The van der Waals surface area contributed by atoms with Gasteiger partial charge in [0.2, 0.25) is 0 Å². The van der Waals surface area contributed by atoms with Crippen molar-refractivity contribution >= 4 is 12.7 Å². The Morgan fingerprint density at radius 2 is 1.93 bits per heavy atom. The first-order valence-corrected chi connectivity index (χ1v) is 4.70. The van der Waals surface area contributed by atoms with Crippen molar-refractivity contribution in [1.29, 1.82) is 0 Å². The van der Waals surface area contributed by atoms with Crippen LogP contribution in [0.15, 0.2) is 36.9 Å². The topological polar surface area (TPSA) is 40.5 Å². The summed E-state index contributed by atoms with van der Waals surface area (Å²) in [5.74, 6) is -0.178. The van der Waals surface area contributed by atoms with E-state index >= 15 is 0 Å². The zero-order valence-electron chi connectivity index (χ0n) is 8.35. The van der Waals surface area contributed by atoms with E-state index in [-0.39, 0.29) is 5.82 Å². The summed E-state index contributed by atoms with van der Waals surface area (Å²) in [5.41, 5.74) is 1.99. The maximum Gasteiger partial charge on any atom is 0.454 e. The monoisotopic (exact) mass is 190 g/mol. The maximum atomic E-state index is 8.93. The van der Waals surface area contributed by atoms with Crippen LogP contribution in [0.5, 0.6) is 0 Å². The highest BCUT2D eigenvalue weighted by atomic mass is 16.4. The number of hydrogen-bond donors (Lipinski definition) is 2. The van der Waals surface area contributed by atoms with E-state index < -0.39 is 7.12 Å². The summed E-state index contributed by atoms with van der Waals surface area (Å²) < 4.78 is 0. The smallest absolute Gasteiger partial charge is 0.427 e. The van der Waals surface area contributed by atoms with Crippen molar-refractivity contribution in [2.45, 2.75) is 19.2 Å². The standard InChI is InChI=1S/C11H15BO2/c1-9(8-10(2)12(13)14)11-6-4-3-5-7-11/h3-7,10,13-14H,1,8H2,2H3. The van der Waals surface area contributed by atoms with E-state index in [1.165, 1.54) is 0 Å². The Kier molecular flexibility index (Phi) is 3.92. The molecule has 0 aromatic heterocycles. The Balaban J connectivity index is 2.60. The van der Waals surface area contributed by atoms with Crippen LogP contribution < -0.4 is 0 Å². The molecule has 0 bridgehead atoms.